The molecule has 12 nitrogen and oxygen atoms in total. The summed E-state index contributed by atoms with van der Waals surface area (Å²) in [5.41, 5.74) is 4.10. The van der Waals surface area contributed by atoms with E-state index in [0.717, 1.165) is 6.07 Å². The predicted molar refractivity (Wildman–Crippen MR) is 141 cm³/mol. The van der Waals surface area contributed by atoms with Crippen LogP contribution in [0.4, 0.5) is 27.6 Å². The molecule has 2 aromatic heterocycles. The van der Waals surface area contributed by atoms with Crippen LogP contribution in [-0.2, 0) is 21.4 Å². The lowest BCUT2D eigenvalue weighted by Crippen LogP contribution is -2.52. The van der Waals surface area contributed by atoms with E-state index < -0.39 is 45.9 Å². The number of benzene rings is 1. The lowest BCUT2D eigenvalue weighted by atomic mass is 10.1. The van der Waals surface area contributed by atoms with E-state index in [2.05, 4.69) is 24.9 Å². The first-order valence-electron chi connectivity index (χ1n) is 12.6. The zero-order valence-corrected chi connectivity index (χ0v) is 23.5. The standard InChI is InChI=1S/C23H24F5N9O3S2/c1-12(29)21(38)36-7-5-35(6-8-36)15-10-13(42(39,40)34-22(30-2)3-4-22)9-14-16(19-31-32-20(41-19)18(24)25)33-37(17(14)15)11-23(26,27)28/h9-10,12,18,34H,3-8,11,29H2,1H3/t12-/m0/s1. The van der Waals surface area contributed by atoms with Crippen molar-refractivity contribution in [1.82, 2.24) is 29.6 Å². The van der Waals surface area contributed by atoms with Crippen LogP contribution in [0.15, 0.2) is 17.0 Å². The molecule has 3 N–H and O–H groups in total. The number of aromatic nitrogens is 4. The van der Waals surface area contributed by atoms with Crippen molar-refractivity contribution in [1.29, 1.82) is 0 Å². The normalized spacial score (nSPS) is 18.0. The number of alkyl halides is 5. The Kier molecular flexibility index (Phi) is 7.62. The molecule has 5 rings (SSSR count). The summed E-state index contributed by atoms with van der Waals surface area (Å²) in [5.74, 6) is -0.315. The molecule has 1 aliphatic heterocycles. The molecule has 0 radical (unpaired) electrons. The highest BCUT2D eigenvalue weighted by Gasteiger charge is 2.54. The molecule has 0 bridgehead atoms. The number of hydrogen-bond acceptors (Lipinski definition) is 9. The molecule has 1 saturated heterocycles. The Morgan fingerprint density at radius 2 is 1.88 bits per heavy atom. The van der Waals surface area contributed by atoms with Crippen molar-refractivity contribution in [3.05, 3.63) is 28.6 Å². The number of nitrogens with two attached hydrogens (primary N) is 1. The molecule has 2 aliphatic rings. The van der Waals surface area contributed by atoms with Crippen molar-refractivity contribution >= 4 is 43.9 Å². The number of piperazine rings is 1. The van der Waals surface area contributed by atoms with Crippen LogP contribution >= 0.6 is 11.3 Å². The summed E-state index contributed by atoms with van der Waals surface area (Å²) < 4.78 is 97.5. The second kappa shape index (κ2) is 10.7. The van der Waals surface area contributed by atoms with Gasteiger partial charge >= 0.3 is 6.18 Å². The van der Waals surface area contributed by atoms with E-state index in [4.69, 9.17) is 12.3 Å². The fourth-order valence-electron chi connectivity index (χ4n) is 4.65. The molecule has 2 fully saturated rings. The first-order chi connectivity index (χ1) is 19.6. The average Bonchev–Trinajstić information content (AvgIpc) is 3.34. The van der Waals surface area contributed by atoms with Crippen molar-refractivity contribution in [3.8, 4) is 10.7 Å². The number of nitrogens with one attached hydrogen (secondary N) is 1. The Morgan fingerprint density at radius 1 is 1.21 bits per heavy atom. The number of carbonyl (C=O) groups excluding carboxylic acids is 1. The maximum absolute atomic E-state index is 13.7. The van der Waals surface area contributed by atoms with Gasteiger partial charge in [0.2, 0.25) is 15.9 Å². The first kappa shape index (κ1) is 30.0. The minimum Gasteiger partial charge on any atom is -0.366 e. The van der Waals surface area contributed by atoms with E-state index >= 15 is 0 Å². The van der Waals surface area contributed by atoms with E-state index in [0.29, 0.717) is 16.0 Å². The molecular weight excluding hydrogens is 609 g/mol. The van der Waals surface area contributed by atoms with Gasteiger partial charge in [-0.1, -0.05) is 11.3 Å². The minimum absolute atomic E-state index is 0.0648. The summed E-state index contributed by atoms with van der Waals surface area (Å²) >= 11 is 0.421. The van der Waals surface area contributed by atoms with Gasteiger partial charge in [0, 0.05) is 31.6 Å². The third-order valence-corrected chi connectivity index (χ3v) is 9.29. The third-order valence-electron chi connectivity index (χ3n) is 6.85. The number of carbonyl (C=O) groups is 1. The summed E-state index contributed by atoms with van der Waals surface area (Å²) in [6.07, 6.45) is -7.16. The minimum atomic E-state index is -4.74. The molecule has 226 valence electrons. The van der Waals surface area contributed by atoms with Crippen LogP contribution in [0.2, 0.25) is 0 Å². The second-order valence-corrected chi connectivity index (χ2v) is 12.7. The molecule has 42 heavy (non-hydrogen) atoms. The van der Waals surface area contributed by atoms with Crippen LogP contribution in [0, 0.1) is 6.57 Å². The zero-order valence-electron chi connectivity index (χ0n) is 21.9. The zero-order chi connectivity index (χ0) is 30.6. The lowest BCUT2D eigenvalue weighted by Gasteiger charge is -2.37. The van der Waals surface area contributed by atoms with Crippen molar-refractivity contribution in [2.75, 3.05) is 31.1 Å². The van der Waals surface area contributed by atoms with Crippen LogP contribution in [-0.4, -0.2) is 83.3 Å². The molecule has 1 amide bonds. The Balaban J connectivity index is 1.69. The van der Waals surface area contributed by atoms with Gasteiger partial charge in [-0.15, -0.1) is 14.9 Å². The summed E-state index contributed by atoms with van der Waals surface area (Å²) in [6.45, 7) is 7.88. The van der Waals surface area contributed by atoms with E-state index in [9.17, 15) is 35.2 Å². The van der Waals surface area contributed by atoms with Gasteiger partial charge in [0.05, 0.1) is 35.0 Å². The van der Waals surface area contributed by atoms with Crippen molar-refractivity contribution in [2.45, 2.75) is 55.5 Å². The summed E-state index contributed by atoms with van der Waals surface area (Å²) in [5, 5.41) is 10.1. The molecular formula is C23H24F5N9O3S2. The van der Waals surface area contributed by atoms with E-state index in [1.54, 1.807) is 4.90 Å². The third kappa shape index (κ3) is 5.88. The average molecular weight is 634 g/mol. The van der Waals surface area contributed by atoms with Crippen LogP contribution in [0.1, 0.15) is 31.2 Å². The molecule has 1 saturated carbocycles. The van der Waals surface area contributed by atoms with Crippen LogP contribution < -0.4 is 15.4 Å². The quantitative estimate of drug-likeness (QED) is 0.285. The number of hydrogen-bond donors (Lipinski definition) is 2. The van der Waals surface area contributed by atoms with Gasteiger partial charge in [0.1, 0.15) is 12.2 Å². The van der Waals surface area contributed by atoms with Gasteiger partial charge in [0.25, 0.3) is 12.1 Å². The highest BCUT2D eigenvalue weighted by Crippen LogP contribution is 2.42. The smallest absolute Gasteiger partial charge is 0.366 e. The highest BCUT2D eigenvalue weighted by molar-refractivity contribution is 7.89. The highest BCUT2D eigenvalue weighted by atomic mass is 32.2. The predicted octanol–water partition coefficient (Wildman–Crippen LogP) is 2.74. The van der Waals surface area contributed by atoms with Gasteiger partial charge in [0.15, 0.2) is 10.0 Å². The molecule has 19 heteroatoms. The fourth-order valence-corrected chi connectivity index (χ4v) is 6.75. The Labute approximate surface area is 240 Å². The Bertz CT molecular complexity index is 1670. The van der Waals surface area contributed by atoms with Crippen LogP contribution in [0.3, 0.4) is 0 Å². The van der Waals surface area contributed by atoms with E-state index in [-0.39, 0.29) is 77.1 Å². The SMILES string of the molecule is [C-]#[N+]C1(NS(=O)(=O)c2cc(N3CCN(C(=O)[C@H](C)N)CC3)c3c(c2)c(-c2nnc(C(F)F)s2)nn3CC(F)(F)F)CC1. The number of halogens is 5. The van der Waals surface area contributed by atoms with Gasteiger partial charge in [-0.05, 0) is 19.1 Å². The van der Waals surface area contributed by atoms with Crippen molar-refractivity contribution in [2.24, 2.45) is 5.73 Å². The topological polar surface area (TPSA) is 144 Å². The molecule has 1 atom stereocenters. The summed E-state index contributed by atoms with van der Waals surface area (Å²) in [6, 6.07) is 1.52. The van der Waals surface area contributed by atoms with E-state index in [1.807, 2.05) is 0 Å². The Morgan fingerprint density at radius 3 is 2.40 bits per heavy atom. The summed E-state index contributed by atoms with van der Waals surface area (Å²) in [4.78, 5) is 18.5. The van der Waals surface area contributed by atoms with Gasteiger partial charge in [-0.25, -0.2) is 23.8 Å². The number of fused-ring (bicyclic) bond motifs is 1. The number of rotatable bonds is 8. The molecule has 1 aromatic carbocycles. The number of anilines is 1. The number of nitrogens with zero attached hydrogens (tertiary/aromatic N) is 7. The number of sulfonamides is 1. The number of amides is 1. The second-order valence-electron chi connectivity index (χ2n) is 10.1. The molecule has 3 heterocycles. The maximum Gasteiger partial charge on any atom is 0.408 e. The first-order valence-corrected chi connectivity index (χ1v) is 14.9. The van der Waals surface area contributed by atoms with Crippen molar-refractivity contribution in [3.63, 3.8) is 0 Å². The maximum atomic E-state index is 13.7. The molecule has 0 unspecified atom stereocenters. The molecule has 1 aliphatic carbocycles. The monoisotopic (exact) mass is 633 g/mol. The van der Waals surface area contributed by atoms with Gasteiger partial charge < -0.3 is 15.5 Å². The van der Waals surface area contributed by atoms with Gasteiger partial charge in [-0.2, -0.15) is 18.3 Å². The molecule has 0 spiro atoms. The van der Waals surface area contributed by atoms with Crippen LogP contribution in [0.5, 0.6) is 0 Å². The van der Waals surface area contributed by atoms with Gasteiger partial charge in [-0.3, -0.25) is 14.3 Å². The fraction of sp³-hybridized carbons (Fsp3) is 0.522. The largest absolute Gasteiger partial charge is 0.408 e. The van der Waals surface area contributed by atoms with Crippen LogP contribution in [0.25, 0.3) is 26.4 Å². The molecule has 3 aromatic rings. The van der Waals surface area contributed by atoms with E-state index in [1.165, 1.54) is 17.9 Å². The summed E-state index contributed by atoms with van der Waals surface area (Å²) in [7, 11) is -4.37. The lowest BCUT2D eigenvalue weighted by molar-refractivity contribution is -0.141. The van der Waals surface area contributed by atoms with Crippen molar-refractivity contribution < 1.29 is 35.2 Å². The Hall–Kier alpha value is -3.47.